The Bertz CT molecular complexity index is 1160. The van der Waals surface area contributed by atoms with Gasteiger partial charge in [-0.25, -0.2) is 15.0 Å². The summed E-state index contributed by atoms with van der Waals surface area (Å²) in [6.07, 6.45) is 0.190. The molecule has 15 nitrogen and oxygen atoms in total. The molecule has 20 heteroatoms. The minimum Gasteiger partial charge on any atom is -0.790 e. The third-order valence-corrected chi connectivity index (χ3v) is 6.23. The van der Waals surface area contributed by atoms with Crippen LogP contribution in [0.4, 0.5) is 0 Å². The van der Waals surface area contributed by atoms with E-state index in [1.54, 1.807) is 16.8 Å². The number of imidazole rings is 2. The summed E-state index contributed by atoms with van der Waals surface area (Å²) in [4.78, 5) is 44.7. The molecule has 0 bridgehead atoms. The maximum Gasteiger partial charge on any atom is 1.00 e. The molecular formula is C12H12N5Na3O10P2. The number of fused-ring (bicyclic) bond motifs is 3. The number of aromatic nitrogens is 5. The molecule has 0 aromatic carbocycles. The third-order valence-electron chi connectivity index (χ3n) is 4.16. The van der Waals surface area contributed by atoms with Crippen molar-refractivity contribution in [2.24, 2.45) is 0 Å². The Morgan fingerprint density at radius 1 is 1.03 bits per heavy atom. The third kappa shape index (κ3) is 6.71. The van der Waals surface area contributed by atoms with Crippen LogP contribution in [0.5, 0.6) is 0 Å². The van der Waals surface area contributed by atoms with Crippen molar-refractivity contribution in [3.8, 4) is 0 Å². The van der Waals surface area contributed by atoms with Crippen LogP contribution in [0.2, 0.25) is 0 Å². The predicted octanol–water partition coefficient (Wildman–Crippen LogP) is -12.0. The molecule has 0 spiro atoms. The molecule has 0 aliphatic carbocycles. The minimum absolute atomic E-state index is 0. The number of aliphatic hydroxyl groups is 2. The maximum absolute atomic E-state index is 11.4. The molecule has 1 aliphatic heterocycles. The van der Waals surface area contributed by atoms with Crippen LogP contribution in [0.3, 0.4) is 0 Å². The van der Waals surface area contributed by atoms with Gasteiger partial charge in [-0.1, -0.05) is 0 Å². The summed E-state index contributed by atoms with van der Waals surface area (Å²) in [5.41, 5.74) is 1.16. The molecule has 4 heterocycles. The molecule has 5 atom stereocenters. The van der Waals surface area contributed by atoms with Gasteiger partial charge in [-0.3, -0.25) is 17.8 Å². The second-order valence-corrected chi connectivity index (χ2v) is 8.75. The molecular weight excluding hydrogens is 505 g/mol. The topological polar surface area (TPSA) is 219 Å². The molecule has 1 saturated heterocycles. The first kappa shape index (κ1) is 31.3. The number of hydrogen-bond acceptors (Lipinski definition) is 13. The van der Waals surface area contributed by atoms with Crippen molar-refractivity contribution in [3.05, 3.63) is 25.0 Å². The number of phosphoric ester groups is 1. The second kappa shape index (κ2) is 12.0. The largest absolute Gasteiger partial charge is 1.00 e. The van der Waals surface area contributed by atoms with Gasteiger partial charge >= 0.3 is 88.7 Å². The van der Waals surface area contributed by atoms with Gasteiger partial charge in [-0.2, -0.15) is 0 Å². The summed E-state index contributed by atoms with van der Waals surface area (Å²) in [5.74, 6) is 0. The summed E-state index contributed by atoms with van der Waals surface area (Å²) >= 11 is 0. The molecule has 3 aromatic heterocycles. The molecule has 0 amide bonds. The van der Waals surface area contributed by atoms with E-state index in [0.717, 1.165) is 0 Å². The van der Waals surface area contributed by atoms with Gasteiger partial charge in [-0.15, -0.1) is 0 Å². The molecule has 158 valence electrons. The van der Waals surface area contributed by atoms with Crippen molar-refractivity contribution < 1.29 is 136 Å². The van der Waals surface area contributed by atoms with Gasteiger partial charge in [0.15, 0.2) is 23.0 Å². The van der Waals surface area contributed by atoms with E-state index in [9.17, 15) is 34.0 Å². The number of hydrogen-bond donors (Lipinski definition) is 2. The molecule has 5 unspecified atom stereocenters. The minimum atomic E-state index is -5.85. The van der Waals surface area contributed by atoms with Crippen LogP contribution in [0.25, 0.3) is 16.8 Å². The molecule has 0 saturated carbocycles. The number of aliphatic hydroxyl groups excluding tert-OH is 2. The summed E-state index contributed by atoms with van der Waals surface area (Å²) in [6, 6.07) is 0. The van der Waals surface area contributed by atoms with Crippen molar-refractivity contribution in [3.63, 3.8) is 0 Å². The van der Waals surface area contributed by atoms with E-state index >= 15 is 0 Å². The molecule has 1 aliphatic rings. The first-order valence-corrected chi connectivity index (χ1v) is 10.8. The van der Waals surface area contributed by atoms with Gasteiger partial charge in [0.05, 0.1) is 20.8 Å². The standard InChI is InChI=1S/C12H15N5O10P2.3Na/c18-8-6(3-25-29(23,24)27-28(20,21)22)26-12(9(8)19)17-5-14-7-10-13-1-2-16(10)4-15-11(7)17;;;/h1-2,4-6,8-9,12,18-19H,3H2,(H,23,24)(H2,20,21,22);;;/q;3*+1/p-3. The Kier molecular flexibility index (Phi) is 11.7. The van der Waals surface area contributed by atoms with Crippen LogP contribution in [-0.2, 0) is 22.7 Å². The van der Waals surface area contributed by atoms with E-state index in [1.807, 2.05) is 0 Å². The zero-order chi connectivity index (χ0) is 21.0. The van der Waals surface area contributed by atoms with Crippen LogP contribution >= 0.6 is 15.6 Å². The van der Waals surface area contributed by atoms with E-state index in [-0.39, 0.29) is 94.3 Å². The first-order valence-electron chi connectivity index (χ1n) is 7.90. The van der Waals surface area contributed by atoms with Crippen molar-refractivity contribution >= 4 is 32.5 Å². The zero-order valence-corrected chi connectivity index (χ0v) is 24.9. The first-order chi connectivity index (χ1) is 13.6. The quantitative estimate of drug-likeness (QED) is 0.229. The van der Waals surface area contributed by atoms with Crippen LogP contribution in [0.15, 0.2) is 25.0 Å². The fourth-order valence-corrected chi connectivity index (χ4v) is 4.44. The van der Waals surface area contributed by atoms with E-state index in [1.165, 1.54) is 17.2 Å². The fourth-order valence-electron chi connectivity index (χ4n) is 2.94. The van der Waals surface area contributed by atoms with E-state index in [0.29, 0.717) is 11.2 Å². The Balaban J connectivity index is 0.00000171. The molecule has 1 fully saturated rings. The van der Waals surface area contributed by atoms with Gasteiger partial charge in [0.2, 0.25) is 0 Å². The number of nitrogens with zero attached hydrogens (tertiary/aromatic N) is 5. The maximum atomic E-state index is 11.4. The number of phosphoric acid groups is 2. The van der Waals surface area contributed by atoms with Crippen molar-refractivity contribution in [1.29, 1.82) is 0 Å². The summed E-state index contributed by atoms with van der Waals surface area (Å²) < 4.78 is 37.7. The van der Waals surface area contributed by atoms with Gasteiger partial charge in [0.25, 0.3) is 7.82 Å². The number of rotatable bonds is 6. The summed E-state index contributed by atoms with van der Waals surface area (Å²) in [7, 11) is -11.4. The summed E-state index contributed by atoms with van der Waals surface area (Å²) in [5, 5.41) is 20.4. The second-order valence-electron chi connectivity index (χ2n) is 6.04. The smallest absolute Gasteiger partial charge is 0.790 e. The van der Waals surface area contributed by atoms with Gasteiger partial charge in [0.1, 0.15) is 24.6 Å². The van der Waals surface area contributed by atoms with Crippen LogP contribution in [0.1, 0.15) is 6.23 Å². The molecule has 4 rings (SSSR count). The Labute approximate surface area is 246 Å². The molecule has 32 heavy (non-hydrogen) atoms. The van der Waals surface area contributed by atoms with Crippen molar-refractivity contribution in [2.45, 2.75) is 24.5 Å². The zero-order valence-electron chi connectivity index (χ0n) is 17.1. The molecule has 0 radical (unpaired) electrons. The SMILES string of the molecule is O=P([O-])([O-])OP(=O)([O-])OCC1OC(n2cnc3c2ncn2ccnc32)C(O)C1O.[Na+].[Na+].[Na+]. The van der Waals surface area contributed by atoms with Gasteiger partial charge in [0, 0.05) is 12.4 Å². The van der Waals surface area contributed by atoms with Crippen molar-refractivity contribution in [1.82, 2.24) is 23.9 Å². The van der Waals surface area contributed by atoms with Gasteiger partial charge in [-0.05, 0) is 0 Å². The Morgan fingerprint density at radius 3 is 2.38 bits per heavy atom. The normalized spacial score (nSPS) is 25.0. The predicted molar refractivity (Wildman–Crippen MR) is 84.5 cm³/mol. The Morgan fingerprint density at radius 2 is 1.72 bits per heavy atom. The van der Waals surface area contributed by atoms with Gasteiger partial charge < -0.3 is 38.7 Å². The average Bonchev–Trinajstić information content (AvgIpc) is 3.29. The average molecular weight is 517 g/mol. The Hall–Kier alpha value is 1.23. The summed E-state index contributed by atoms with van der Waals surface area (Å²) in [6.45, 7) is -0.917. The van der Waals surface area contributed by atoms with Crippen molar-refractivity contribution in [2.75, 3.05) is 6.61 Å². The fraction of sp³-hybridized carbons (Fsp3) is 0.417. The van der Waals surface area contributed by atoms with E-state index in [4.69, 9.17) is 4.74 Å². The monoisotopic (exact) mass is 517 g/mol. The number of ether oxygens (including phenoxy) is 1. The van der Waals surface area contributed by atoms with Crippen LogP contribution in [-0.4, -0.2) is 59.1 Å². The molecule has 3 aromatic rings. The van der Waals surface area contributed by atoms with E-state index in [2.05, 4.69) is 23.8 Å². The molecule has 2 N–H and O–H groups in total. The van der Waals surface area contributed by atoms with Crippen LogP contribution < -0.4 is 103 Å². The van der Waals surface area contributed by atoms with E-state index < -0.39 is 46.8 Å². The van der Waals surface area contributed by atoms with Crippen LogP contribution in [0, 0.1) is 0 Å².